The molecule has 14 heavy (non-hydrogen) atoms. The molecule has 1 aromatic carbocycles. The maximum atomic E-state index is 11.1. The molecule has 0 saturated carbocycles. The number of benzene rings is 1. The Bertz CT molecular complexity index is 352. The van der Waals surface area contributed by atoms with Crippen LogP contribution in [0.5, 0.6) is 0 Å². The molecule has 0 aliphatic rings. The van der Waals surface area contributed by atoms with Gasteiger partial charge < -0.3 is 4.74 Å². The second-order valence-corrected chi connectivity index (χ2v) is 3.75. The third-order valence-corrected chi connectivity index (χ3v) is 2.91. The van der Waals surface area contributed by atoms with Crippen molar-refractivity contribution in [1.29, 1.82) is 0 Å². The zero-order valence-electron chi connectivity index (χ0n) is 7.26. The highest BCUT2D eigenvalue weighted by Crippen LogP contribution is 2.33. The normalized spacial score (nSPS) is 12.3. The first-order chi connectivity index (χ1) is 6.57. The molecule has 0 radical (unpaired) electrons. The van der Waals surface area contributed by atoms with Crippen LogP contribution in [0.1, 0.15) is 10.9 Å². The Morgan fingerprint density at radius 1 is 1.43 bits per heavy atom. The largest absolute Gasteiger partial charge is 0.468 e. The summed E-state index contributed by atoms with van der Waals surface area (Å²) in [5.41, 5.74) is 0.452. The summed E-state index contributed by atoms with van der Waals surface area (Å²) in [5.74, 6) is -0.559. The van der Waals surface area contributed by atoms with E-state index < -0.39 is 11.3 Å². The van der Waals surface area contributed by atoms with Crippen LogP contribution < -0.4 is 0 Å². The fourth-order valence-corrected chi connectivity index (χ4v) is 1.69. The molecule has 0 fully saturated rings. The molecule has 0 spiro atoms. The number of methoxy groups -OCH3 is 1. The van der Waals surface area contributed by atoms with Crippen LogP contribution in [0.25, 0.3) is 0 Å². The molecule has 0 unspecified atom stereocenters. The van der Waals surface area contributed by atoms with Crippen LogP contribution in [0.4, 0.5) is 0 Å². The van der Waals surface area contributed by atoms with Crippen LogP contribution >= 0.6 is 34.8 Å². The van der Waals surface area contributed by atoms with E-state index in [1.54, 1.807) is 18.2 Å². The zero-order valence-corrected chi connectivity index (χ0v) is 9.53. The SMILES string of the molecule is COC(=O)[C@H](Cl)c1cccc(Cl)c1Cl. The number of carbonyl (C=O) groups excluding carboxylic acids is 1. The molecule has 1 rings (SSSR count). The van der Waals surface area contributed by atoms with Crippen LogP contribution in [-0.4, -0.2) is 13.1 Å². The smallest absolute Gasteiger partial charge is 0.328 e. The van der Waals surface area contributed by atoms with Crippen LogP contribution in [0.2, 0.25) is 10.0 Å². The molecule has 0 aliphatic carbocycles. The maximum Gasteiger partial charge on any atom is 0.328 e. The third-order valence-electron chi connectivity index (χ3n) is 1.66. The Hall–Kier alpha value is -0.440. The lowest BCUT2D eigenvalue weighted by atomic mass is 10.1. The van der Waals surface area contributed by atoms with Crippen molar-refractivity contribution in [2.75, 3.05) is 7.11 Å². The van der Waals surface area contributed by atoms with Gasteiger partial charge in [0.05, 0.1) is 17.2 Å². The monoisotopic (exact) mass is 252 g/mol. The summed E-state index contributed by atoms with van der Waals surface area (Å²) in [5, 5.41) is -0.288. The van der Waals surface area contributed by atoms with Gasteiger partial charge in [0.1, 0.15) is 0 Å². The van der Waals surface area contributed by atoms with Gasteiger partial charge in [-0.25, -0.2) is 0 Å². The van der Waals surface area contributed by atoms with E-state index in [0.717, 1.165) is 0 Å². The number of rotatable bonds is 2. The first-order valence-corrected chi connectivity index (χ1v) is 4.93. The van der Waals surface area contributed by atoms with E-state index in [1.807, 2.05) is 0 Å². The number of esters is 1. The van der Waals surface area contributed by atoms with Crippen molar-refractivity contribution in [2.24, 2.45) is 0 Å². The van der Waals surface area contributed by atoms with Gasteiger partial charge in [-0.05, 0) is 6.07 Å². The van der Waals surface area contributed by atoms with E-state index in [-0.39, 0.29) is 5.02 Å². The van der Waals surface area contributed by atoms with E-state index in [9.17, 15) is 4.79 Å². The Morgan fingerprint density at radius 3 is 2.64 bits per heavy atom. The molecular formula is C9H7Cl3O2. The van der Waals surface area contributed by atoms with Crippen molar-refractivity contribution in [3.63, 3.8) is 0 Å². The molecule has 0 saturated heterocycles. The van der Waals surface area contributed by atoms with Gasteiger partial charge in [-0.2, -0.15) is 0 Å². The van der Waals surface area contributed by atoms with E-state index in [2.05, 4.69) is 4.74 Å². The first kappa shape index (κ1) is 11.6. The summed E-state index contributed by atoms with van der Waals surface area (Å²) < 4.78 is 4.49. The van der Waals surface area contributed by atoms with Crippen molar-refractivity contribution in [2.45, 2.75) is 5.38 Å². The van der Waals surface area contributed by atoms with Crippen molar-refractivity contribution in [3.05, 3.63) is 33.8 Å². The highest BCUT2D eigenvalue weighted by molar-refractivity contribution is 6.43. The minimum atomic E-state index is -0.925. The predicted molar refractivity (Wildman–Crippen MR) is 57.1 cm³/mol. The minimum Gasteiger partial charge on any atom is -0.468 e. The summed E-state index contributed by atoms with van der Waals surface area (Å²) in [4.78, 5) is 11.1. The standard InChI is InChI=1S/C9H7Cl3O2/c1-14-9(13)8(12)5-3-2-4-6(10)7(5)11/h2-4,8H,1H3/t8-/m1/s1. The molecule has 0 amide bonds. The lowest BCUT2D eigenvalue weighted by molar-refractivity contribution is -0.140. The van der Waals surface area contributed by atoms with Gasteiger partial charge >= 0.3 is 5.97 Å². The fourth-order valence-electron chi connectivity index (χ4n) is 0.947. The van der Waals surface area contributed by atoms with Gasteiger partial charge in [0, 0.05) is 5.56 Å². The molecule has 1 atom stereocenters. The Balaban J connectivity index is 3.07. The van der Waals surface area contributed by atoms with Gasteiger partial charge in [0.2, 0.25) is 0 Å². The predicted octanol–water partition coefficient (Wildman–Crippen LogP) is 3.45. The first-order valence-electron chi connectivity index (χ1n) is 3.73. The number of alkyl halides is 1. The van der Waals surface area contributed by atoms with Crippen LogP contribution in [0.15, 0.2) is 18.2 Å². The molecule has 0 aromatic heterocycles. The number of hydrogen-bond acceptors (Lipinski definition) is 2. The number of hydrogen-bond donors (Lipinski definition) is 0. The molecule has 76 valence electrons. The van der Waals surface area contributed by atoms with E-state index in [4.69, 9.17) is 34.8 Å². The van der Waals surface area contributed by atoms with E-state index >= 15 is 0 Å². The Morgan fingerprint density at radius 2 is 2.07 bits per heavy atom. The molecule has 5 heteroatoms. The topological polar surface area (TPSA) is 26.3 Å². The van der Waals surface area contributed by atoms with Crippen LogP contribution in [0.3, 0.4) is 0 Å². The number of ether oxygens (including phenoxy) is 1. The summed E-state index contributed by atoms with van der Waals surface area (Å²) in [6.07, 6.45) is 0. The van der Waals surface area contributed by atoms with Crippen molar-refractivity contribution in [3.8, 4) is 0 Å². The summed E-state index contributed by atoms with van der Waals surface area (Å²) in [6, 6.07) is 4.92. The highest BCUT2D eigenvalue weighted by atomic mass is 35.5. The second-order valence-electron chi connectivity index (χ2n) is 2.53. The summed E-state index contributed by atoms with van der Waals surface area (Å²) >= 11 is 17.4. The molecule has 0 N–H and O–H groups in total. The number of halogens is 3. The second kappa shape index (κ2) is 4.87. The molecule has 1 aromatic rings. The van der Waals surface area contributed by atoms with Gasteiger partial charge in [0.25, 0.3) is 0 Å². The molecule has 0 bridgehead atoms. The van der Waals surface area contributed by atoms with Gasteiger partial charge in [-0.3, -0.25) is 4.79 Å². The summed E-state index contributed by atoms with van der Waals surface area (Å²) in [7, 11) is 1.26. The Kier molecular flexibility index (Phi) is 4.05. The van der Waals surface area contributed by atoms with Gasteiger partial charge in [0.15, 0.2) is 5.38 Å². The van der Waals surface area contributed by atoms with Crippen LogP contribution in [-0.2, 0) is 9.53 Å². The van der Waals surface area contributed by atoms with Crippen molar-refractivity contribution in [1.82, 2.24) is 0 Å². The van der Waals surface area contributed by atoms with Crippen molar-refractivity contribution < 1.29 is 9.53 Å². The molecule has 0 aliphatic heterocycles. The number of carbonyl (C=O) groups is 1. The quantitative estimate of drug-likeness (QED) is 0.596. The van der Waals surface area contributed by atoms with E-state index in [1.165, 1.54) is 7.11 Å². The van der Waals surface area contributed by atoms with Crippen LogP contribution in [0, 0.1) is 0 Å². The molecular weight excluding hydrogens is 246 g/mol. The minimum absolute atomic E-state index is 0.277. The highest BCUT2D eigenvalue weighted by Gasteiger charge is 2.21. The Labute approximate surface area is 96.7 Å². The lowest BCUT2D eigenvalue weighted by Gasteiger charge is -2.09. The third kappa shape index (κ3) is 2.32. The van der Waals surface area contributed by atoms with Gasteiger partial charge in [-0.15, -0.1) is 11.6 Å². The van der Waals surface area contributed by atoms with Gasteiger partial charge in [-0.1, -0.05) is 35.3 Å². The lowest BCUT2D eigenvalue weighted by Crippen LogP contribution is -2.09. The molecule has 2 nitrogen and oxygen atoms in total. The van der Waals surface area contributed by atoms with Crippen molar-refractivity contribution >= 4 is 40.8 Å². The maximum absolute atomic E-state index is 11.1. The molecule has 0 heterocycles. The average molecular weight is 254 g/mol. The van der Waals surface area contributed by atoms with E-state index in [0.29, 0.717) is 10.6 Å². The summed E-state index contributed by atoms with van der Waals surface area (Å²) in [6.45, 7) is 0. The zero-order chi connectivity index (χ0) is 10.7. The average Bonchev–Trinajstić information content (AvgIpc) is 2.20. The fraction of sp³-hybridized carbons (Fsp3) is 0.222.